The minimum absolute atomic E-state index is 0.0759. The first-order valence-electron chi connectivity index (χ1n) is 14.1. The Morgan fingerprint density at radius 2 is 1.66 bits per heavy atom. The number of carbonyl (C=O) groups excluding carboxylic acids is 2. The highest BCUT2D eigenvalue weighted by molar-refractivity contribution is 7.92. The summed E-state index contributed by atoms with van der Waals surface area (Å²) in [6.45, 7) is 5.07. The Bertz CT molecular complexity index is 1470. The molecule has 1 fully saturated rings. The largest absolute Gasteiger partial charge is 0.352 e. The molecule has 1 aliphatic rings. The molecule has 1 saturated carbocycles. The highest BCUT2D eigenvalue weighted by Gasteiger charge is 2.33. The van der Waals surface area contributed by atoms with Gasteiger partial charge in [-0.1, -0.05) is 78.9 Å². The number of aryl methyl sites for hydroxylation is 2. The fourth-order valence-corrected chi connectivity index (χ4v) is 7.01. The van der Waals surface area contributed by atoms with Crippen molar-refractivity contribution in [2.24, 2.45) is 0 Å². The van der Waals surface area contributed by atoms with Gasteiger partial charge in [0.05, 0.1) is 10.6 Å². The highest BCUT2D eigenvalue weighted by atomic mass is 35.5. The summed E-state index contributed by atoms with van der Waals surface area (Å²) in [5.41, 5.74) is 2.86. The molecular formula is C32H38ClN3O4S. The van der Waals surface area contributed by atoms with Gasteiger partial charge in [0, 0.05) is 17.6 Å². The van der Waals surface area contributed by atoms with Crippen LogP contribution in [-0.2, 0) is 26.2 Å². The first-order chi connectivity index (χ1) is 19.6. The van der Waals surface area contributed by atoms with E-state index < -0.39 is 28.5 Å². The summed E-state index contributed by atoms with van der Waals surface area (Å²) in [4.78, 5) is 29.1. The number of sulfonamides is 1. The van der Waals surface area contributed by atoms with Crippen LogP contribution in [0.3, 0.4) is 0 Å². The summed E-state index contributed by atoms with van der Waals surface area (Å²) in [7, 11) is -4.10. The predicted molar refractivity (Wildman–Crippen MR) is 163 cm³/mol. The molecule has 4 rings (SSSR count). The first-order valence-corrected chi connectivity index (χ1v) is 15.9. The maximum Gasteiger partial charge on any atom is 0.264 e. The molecule has 1 aliphatic carbocycles. The van der Waals surface area contributed by atoms with Crippen LogP contribution in [0.2, 0.25) is 5.02 Å². The zero-order valence-electron chi connectivity index (χ0n) is 23.8. The zero-order valence-corrected chi connectivity index (χ0v) is 25.4. The summed E-state index contributed by atoms with van der Waals surface area (Å²) >= 11 is 6.23. The van der Waals surface area contributed by atoms with Crippen molar-refractivity contribution in [1.82, 2.24) is 10.2 Å². The molecule has 41 heavy (non-hydrogen) atoms. The Balaban J connectivity index is 1.69. The molecule has 218 valence electrons. The minimum atomic E-state index is -4.10. The maximum atomic E-state index is 14.1. The van der Waals surface area contributed by atoms with Crippen molar-refractivity contribution in [3.63, 3.8) is 0 Å². The minimum Gasteiger partial charge on any atom is -0.352 e. The number of halogens is 1. The van der Waals surface area contributed by atoms with Gasteiger partial charge in [0.25, 0.3) is 10.0 Å². The van der Waals surface area contributed by atoms with Gasteiger partial charge in [-0.15, -0.1) is 0 Å². The van der Waals surface area contributed by atoms with Crippen molar-refractivity contribution in [3.05, 3.63) is 94.5 Å². The second-order valence-electron chi connectivity index (χ2n) is 10.8. The lowest BCUT2D eigenvalue weighted by Gasteiger charge is -2.33. The third-order valence-corrected chi connectivity index (χ3v) is 9.60. The number of amides is 2. The number of hydrogen-bond acceptors (Lipinski definition) is 4. The van der Waals surface area contributed by atoms with E-state index in [0.717, 1.165) is 53.1 Å². The number of hydrogen-bond donors (Lipinski definition) is 1. The van der Waals surface area contributed by atoms with E-state index in [0.29, 0.717) is 10.7 Å². The van der Waals surface area contributed by atoms with Crippen LogP contribution < -0.4 is 9.62 Å². The lowest BCUT2D eigenvalue weighted by atomic mass is 9.95. The number of anilines is 1. The average Bonchev–Trinajstić information content (AvgIpc) is 2.95. The molecule has 3 aromatic carbocycles. The average molecular weight is 596 g/mol. The quantitative estimate of drug-likeness (QED) is 0.311. The Hall–Kier alpha value is -3.36. The second-order valence-corrected chi connectivity index (χ2v) is 13.1. The molecule has 3 aromatic rings. The SMILES string of the molecule is Cc1ccc(N(CC(=O)N(Cc2cccc(Cl)c2)C(C)C(=O)NC2CCCCC2)S(=O)(=O)c2ccccc2)c(C)c1. The summed E-state index contributed by atoms with van der Waals surface area (Å²) < 4.78 is 29.1. The molecule has 0 aliphatic heterocycles. The van der Waals surface area contributed by atoms with Gasteiger partial charge in [-0.25, -0.2) is 8.42 Å². The summed E-state index contributed by atoms with van der Waals surface area (Å²) in [6.07, 6.45) is 5.11. The molecule has 1 unspecified atom stereocenters. The van der Waals surface area contributed by atoms with Crippen LogP contribution in [0.4, 0.5) is 5.69 Å². The van der Waals surface area contributed by atoms with Crippen molar-refractivity contribution in [3.8, 4) is 0 Å². The van der Waals surface area contributed by atoms with Gasteiger partial charge in [-0.05, 0) is 75.1 Å². The number of carbonyl (C=O) groups is 2. The Kier molecular flexibility index (Phi) is 10.1. The molecule has 2 amide bonds. The van der Waals surface area contributed by atoms with E-state index in [4.69, 9.17) is 11.6 Å². The van der Waals surface area contributed by atoms with Gasteiger partial charge in [0.15, 0.2) is 0 Å². The van der Waals surface area contributed by atoms with Gasteiger partial charge >= 0.3 is 0 Å². The van der Waals surface area contributed by atoms with E-state index in [2.05, 4.69) is 5.32 Å². The van der Waals surface area contributed by atoms with Crippen LogP contribution in [0, 0.1) is 13.8 Å². The molecule has 1 atom stereocenters. The van der Waals surface area contributed by atoms with Crippen LogP contribution in [0.1, 0.15) is 55.7 Å². The van der Waals surface area contributed by atoms with E-state index in [1.165, 1.54) is 17.0 Å². The molecule has 9 heteroatoms. The van der Waals surface area contributed by atoms with Crippen LogP contribution in [0.25, 0.3) is 0 Å². The van der Waals surface area contributed by atoms with E-state index in [9.17, 15) is 18.0 Å². The molecular weight excluding hydrogens is 558 g/mol. The molecule has 7 nitrogen and oxygen atoms in total. The number of nitrogens with one attached hydrogen (secondary N) is 1. The van der Waals surface area contributed by atoms with Gasteiger partial charge in [-0.2, -0.15) is 0 Å². The fourth-order valence-electron chi connectivity index (χ4n) is 5.30. The Morgan fingerprint density at radius 1 is 0.951 bits per heavy atom. The summed E-state index contributed by atoms with van der Waals surface area (Å²) in [5.74, 6) is -0.744. The smallest absolute Gasteiger partial charge is 0.264 e. The topological polar surface area (TPSA) is 86.8 Å². The lowest BCUT2D eigenvalue weighted by molar-refractivity contribution is -0.139. The van der Waals surface area contributed by atoms with E-state index >= 15 is 0 Å². The maximum absolute atomic E-state index is 14.1. The molecule has 0 heterocycles. The third kappa shape index (κ3) is 7.68. The normalized spacial score (nSPS) is 14.7. The van der Waals surface area contributed by atoms with Crippen LogP contribution >= 0.6 is 11.6 Å². The number of nitrogens with zero attached hydrogens (tertiary/aromatic N) is 2. The van der Waals surface area contributed by atoms with Gasteiger partial charge < -0.3 is 10.2 Å². The van der Waals surface area contributed by atoms with Gasteiger partial charge in [0.1, 0.15) is 12.6 Å². The zero-order chi connectivity index (χ0) is 29.6. The third-order valence-electron chi connectivity index (χ3n) is 7.59. The van der Waals surface area contributed by atoms with Crippen molar-refractivity contribution < 1.29 is 18.0 Å². The predicted octanol–water partition coefficient (Wildman–Crippen LogP) is 6.02. The summed E-state index contributed by atoms with van der Waals surface area (Å²) in [5, 5.41) is 3.63. The molecule has 1 N–H and O–H groups in total. The van der Waals surface area contributed by atoms with Gasteiger partial charge in [0.2, 0.25) is 11.8 Å². The molecule has 0 spiro atoms. The Morgan fingerprint density at radius 3 is 2.32 bits per heavy atom. The monoisotopic (exact) mass is 595 g/mol. The van der Waals surface area contributed by atoms with Crippen LogP contribution in [-0.4, -0.2) is 43.8 Å². The van der Waals surface area contributed by atoms with Crippen molar-refractivity contribution >= 4 is 39.1 Å². The van der Waals surface area contributed by atoms with E-state index in [1.54, 1.807) is 49.4 Å². The van der Waals surface area contributed by atoms with Crippen molar-refractivity contribution in [2.75, 3.05) is 10.8 Å². The first kappa shape index (κ1) is 30.6. The Labute approximate surface area is 248 Å². The molecule has 0 bridgehead atoms. The molecule has 0 radical (unpaired) electrons. The van der Waals surface area contributed by atoms with E-state index in [1.807, 2.05) is 32.0 Å². The second kappa shape index (κ2) is 13.5. The van der Waals surface area contributed by atoms with Crippen molar-refractivity contribution in [2.45, 2.75) is 76.4 Å². The fraction of sp³-hybridized carbons (Fsp3) is 0.375. The number of rotatable bonds is 10. The van der Waals surface area contributed by atoms with Crippen LogP contribution in [0.5, 0.6) is 0 Å². The lowest BCUT2D eigenvalue weighted by Crippen LogP contribution is -2.53. The molecule has 0 saturated heterocycles. The molecule has 0 aromatic heterocycles. The summed E-state index contributed by atoms with van der Waals surface area (Å²) in [6, 6.07) is 19.9. The number of benzene rings is 3. The van der Waals surface area contributed by atoms with Crippen molar-refractivity contribution in [1.29, 1.82) is 0 Å². The standard InChI is InChI=1S/C32H38ClN3O4S/c1-23-17-18-30(24(2)19-23)36(41(39,40)29-15-8-5-9-16-29)22-31(37)35(21-26-11-10-12-27(33)20-26)25(3)32(38)34-28-13-6-4-7-14-28/h5,8-12,15-20,25,28H,4,6-7,13-14,21-22H2,1-3H3,(H,34,38). The van der Waals surface area contributed by atoms with Crippen LogP contribution in [0.15, 0.2) is 77.7 Å². The highest BCUT2D eigenvalue weighted by Crippen LogP contribution is 2.28. The van der Waals surface area contributed by atoms with Gasteiger partial charge in [-0.3, -0.25) is 13.9 Å². The van der Waals surface area contributed by atoms with E-state index in [-0.39, 0.29) is 23.4 Å².